The van der Waals surface area contributed by atoms with E-state index in [1.54, 1.807) is 0 Å². The largest absolute Gasteiger partial charge is 0.349 e. The third kappa shape index (κ3) is 4.32. The lowest BCUT2D eigenvalue weighted by molar-refractivity contribution is -0.121. The first kappa shape index (κ1) is 16.0. The zero-order valence-electron chi connectivity index (χ0n) is 13.1. The third-order valence-corrected chi connectivity index (χ3v) is 4.41. The van der Waals surface area contributed by atoms with Gasteiger partial charge >= 0.3 is 0 Å². The SMILES string of the molecule is O=C(CCCc1ccc(Cl)cc1)NCc1nnc2n1CCCC2. The Morgan fingerprint density at radius 1 is 1.22 bits per heavy atom. The number of hydrogen-bond acceptors (Lipinski definition) is 3. The van der Waals surface area contributed by atoms with E-state index in [-0.39, 0.29) is 5.91 Å². The fourth-order valence-electron chi connectivity index (χ4n) is 2.87. The number of fused-ring (bicyclic) bond motifs is 1. The van der Waals surface area contributed by atoms with Crippen LogP contribution in [-0.2, 0) is 30.7 Å². The monoisotopic (exact) mass is 332 g/mol. The molecule has 0 radical (unpaired) electrons. The van der Waals surface area contributed by atoms with Crippen molar-refractivity contribution >= 4 is 17.5 Å². The van der Waals surface area contributed by atoms with Gasteiger partial charge in [0.15, 0.2) is 5.82 Å². The highest BCUT2D eigenvalue weighted by Crippen LogP contribution is 2.14. The van der Waals surface area contributed by atoms with Gasteiger partial charge in [-0.2, -0.15) is 0 Å². The average Bonchev–Trinajstić information content (AvgIpc) is 2.98. The molecule has 122 valence electrons. The van der Waals surface area contributed by atoms with E-state index in [1.165, 1.54) is 12.0 Å². The molecule has 6 heteroatoms. The van der Waals surface area contributed by atoms with E-state index in [0.29, 0.717) is 13.0 Å². The molecule has 0 bridgehead atoms. The second-order valence-electron chi connectivity index (χ2n) is 5.90. The molecule has 0 spiro atoms. The lowest BCUT2D eigenvalue weighted by Gasteiger charge is -2.14. The van der Waals surface area contributed by atoms with Crippen molar-refractivity contribution in [2.24, 2.45) is 0 Å². The van der Waals surface area contributed by atoms with Crippen molar-refractivity contribution in [2.75, 3.05) is 0 Å². The maximum absolute atomic E-state index is 12.0. The predicted octanol–water partition coefficient (Wildman–Crippen LogP) is 2.91. The number of carbonyl (C=O) groups excluding carboxylic acids is 1. The molecule has 3 rings (SSSR count). The summed E-state index contributed by atoms with van der Waals surface area (Å²) in [6.07, 6.45) is 5.55. The maximum Gasteiger partial charge on any atom is 0.220 e. The van der Waals surface area contributed by atoms with Crippen LogP contribution in [0.1, 0.15) is 42.9 Å². The highest BCUT2D eigenvalue weighted by molar-refractivity contribution is 6.30. The standard InChI is InChI=1S/C17H21ClN4O/c18-14-9-7-13(8-10-14)4-3-6-17(23)19-12-16-21-20-15-5-1-2-11-22(15)16/h7-10H,1-6,11-12H2,(H,19,23). The Bertz CT molecular complexity index is 666. The zero-order chi connectivity index (χ0) is 16.1. The van der Waals surface area contributed by atoms with Crippen molar-refractivity contribution in [1.82, 2.24) is 20.1 Å². The van der Waals surface area contributed by atoms with Crippen molar-refractivity contribution in [2.45, 2.75) is 51.6 Å². The van der Waals surface area contributed by atoms with Crippen molar-refractivity contribution in [1.29, 1.82) is 0 Å². The van der Waals surface area contributed by atoms with Gasteiger partial charge in [-0.1, -0.05) is 23.7 Å². The molecular weight excluding hydrogens is 312 g/mol. The number of nitrogens with zero attached hydrogens (tertiary/aromatic N) is 3. The minimum Gasteiger partial charge on any atom is -0.349 e. The fourth-order valence-corrected chi connectivity index (χ4v) is 3.00. The summed E-state index contributed by atoms with van der Waals surface area (Å²) in [6.45, 7) is 1.43. The van der Waals surface area contributed by atoms with E-state index in [2.05, 4.69) is 20.1 Å². The summed E-state index contributed by atoms with van der Waals surface area (Å²) < 4.78 is 2.14. The van der Waals surface area contributed by atoms with E-state index in [4.69, 9.17) is 11.6 Å². The summed E-state index contributed by atoms with van der Waals surface area (Å²) in [5, 5.41) is 12.1. The van der Waals surface area contributed by atoms with E-state index < -0.39 is 0 Å². The van der Waals surface area contributed by atoms with Crippen LogP contribution in [0.5, 0.6) is 0 Å². The lowest BCUT2D eigenvalue weighted by Crippen LogP contribution is -2.25. The van der Waals surface area contributed by atoms with E-state index in [0.717, 1.165) is 48.9 Å². The van der Waals surface area contributed by atoms with Crippen LogP contribution in [0, 0.1) is 0 Å². The summed E-state index contributed by atoms with van der Waals surface area (Å²) in [5.74, 6) is 1.97. The predicted molar refractivity (Wildman–Crippen MR) is 89.2 cm³/mol. The Morgan fingerprint density at radius 3 is 2.87 bits per heavy atom. The van der Waals surface area contributed by atoms with Crippen molar-refractivity contribution < 1.29 is 4.79 Å². The van der Waals surface area contributed by atoms with E-state index in [9.17, 15) is 4.79 Å². The topological polar surface area (TPSA) is 59.8 Å². The summed E-state index contributed by atoms with van der Waals surface area (Å²) in [7, 11) is 0. The van der Waals surface area contributed by atoms with Gasteiger partial charge in [0.05, 0.1) is 6.54 Å². The molecule has 0 aliphatic carbocycles. The molecule has 23 heavy (non-hydrogen) atoms. The Hall–Kier alpha value is -1.88. The van der Waals surface area contributed by atoms with Crippen LogP contribution in [0.15, 0.2) is 24.3 Å². The summed E-state index contributed by atoms with van der Waals surface area (Å²) in [5.41, 5.74) is 1.20. The number of aryl methyl sites for hydroxylation is 2. The van der Waals surface area contributed by atoms with Gasteiger partial charge in [0.2, 0.25) is 5.91 Å². The van der Waals surface area contributed by atoms with Crippen molar-refractivity contribution in [3.63, 3.8) is 0 Å². The number of carbonyl (C=O) groups is 1. The average molecular weight is 333 g/mol. The number of aromatic nitrogens is 3. The van der Waals surface area contributed by atoms with Crippen molar-refractivity contribution in [3.05, 3.63) is 46.5 Å². The first-order chi connectivity index (χ1) is 11.2. The third-order valence-electron chi connectivity index (χ3n) is 4.16. The molecule has 1 N–H and O–H groups in total. The number of nitrogens with one attached hydrogen (secondary N) is 1. The summed E-state index contributed by atoms with van der Waals surface area (Å²) in [4.78, 5) is 12.0. The van der Waals surface area contributed by atoms with Gasteiger partial charge in [0.1, 0.15) is 5.82 Å². The molecule has 0 unspecified atom stereocenters. The molecule has 2 heterocycles. The molecule has 1 aliphatic rings. The molecule has 2 aromatic rings. The molecule has 1 aliphatic heterocycles. The quantitative estimate of drug-likeness (QED) is 0.884. The number of benzene rings is 1. The smallest absolute Gasteiger partial charge is 0.220 e. The van der Waals surface area contributed by atoms with Crippen LogP contribution in [0.3, 0.4) is 0 Å². The van der Waals surface area contributed by atoms with E-state index in [1.807, 2.05) is 24.3 Å². The number of rotatable bonds is 6. The lowest BCUT2D eigenvalue weighted by atomic mass is 10.1. The van der Waals surface area contributed by atoms with Crippen molar-refractivity contribution in [3.8, 4) is 0 Å². The molecule has 0 saturated carbocycles. The van der Waals surface area contributed by atoms with E-state index >= 15 is 0 Å². The molecule has 1 amide bonds. The minimum absolute atomic E-state index is 0.0622. The number of halogens is 1. The highest BCUT2D eigenvalue weighted by Gasteiger charge is 2.15. The highest BCUT2D eigenvalue weighted by atomic mass is 35.5. The molecule has 0 saturated heterocycles. The van der Waals surface area contributed by atoms with Crippen LogP contribution >= 0.6 is 11.6 Å². The van der Waals surface area contributed by atoms with Crippen LogP contribution in [0.4, 0.5) is 0 Å². The number of hydrogen-bond donors (Lipinski definition) is 1. The van der Waals surface area contributed by atoms with Crippen LogP contribution in [0.25, 0.3) is 0 Å². The van der Waals surface area contributed by atoms with Gasteiger partial charge in [-0.25, -0.2) is 0 Å². The van der Waals surface area contributed by atoms with Gasteiger partial charge in [-0.05, 0) is 43.4 Å². The summed E-state index contributed by atoms with van der Waals surface area (Å²) >= 11 is 5.86. The Labute approximate surface area is 141 Å². The fraction of sp³-hybridized carbons (Fsp3) is 0.471. The molecular formula is C17H21ClN4O. The zero-order valence-corrected chi connectivity index (χ0v) is 13.9. The van der Waals surface area contributed by atoms with Gasteiger partial charge in [-0.15, -0.1) is 10.2 Å². The van der Waals surface area contributed by atoms with Gasteiger partial charge in [0.25, 0.3) is 0 Å². The first-order valence-corrected chi connectivity index (χ1v) is 8.52. The maximum atomic E-state index is 12.0. The molecule has 1 aromatic carbocycles. The second kappa shape index (κ2) is 7.59. The van der Waals surface area contributed by atoms with Crippen LogP contribution in [-0.4, -0.2) is 20.7 Å². The van der Waals surface area contributed by atoms with Gasteiger partial charge < -0.3 is 9.88 Å². The second-order valence-corrected chi connectivity index (χ2v) is 6.33. The molecule has 0 atom stereocenters. The normalized spacial score (nSPS) is 13.6. The summed E-state index contributed by atoms with van der Waals surface area (Å²) in [6, 6.07) is 7.77. The van der Waals surface area contributed by atoms with Gasteiger partial charge in [-0.3, -0.25) is 4.79 Å². The van der Waals surface area contributed by atoms with Crippen LogP contribution < -0.4 is 5.32 Å². The minimum atomic E-state index is 0.0622. The first-order valence-electron chi connectivity index (χ1n) is 8.14. The Morgan fingerprint density at radius 2 is 2.04 bits per heavy atom. The van der Waals surface area contributed by atoms with Crippen LogP contribution in [0.2, 0.25) is 5.02 Å². The molecule has 1 aromatic heterocycles. The Kier molecular flexibility index (Phi) is 5.28. The molecule has 0 fully saturated rings. The molecule has 5 nitrogen and oxygen atoms in total. The Balaban J connectivity index is 1.41. The number of amides is 1. The van der Waals surface area contributed by atoms with Gasteiger partial charge in [0, 0.05) is 24.4 Å².